The Hall–Kier alpha value is -2.95. The first-order valence-corrected chi connectivity index (χ1v) is 9.36. The van der Waals surface area contributed by atoms with E-state index in [1.54, 1.807) is 29.2 Å². The van der Waals surface area contributed by atoms with Crippen molar-refractivity contribution in [3.05, 3.63) is 70.8 Å². The van der Waals surface area contributed by atoms with E-state index >= 15 is 0 Å². The van der Waals surface area contributed by atoms with Gasteiger partial charge in [0.2, 0.25) is 5.91 Å². The fraction of sp³-hybridized carbons (Fsp3) is 0.318. The number of imide groups is 1. The molecule has 0 saturated heterocycles. The van der Waals surface area contributed by atoms with E-state index < -0.39 is 0 Å². The van der Waals surface area contributed by atoms with E-state index in [1.165, 1.54) is 16.0 Å². The number of carbonyl (C=O) groups excluding carboxylic acids is 3. The first-order chi connectivity index (χ1) is 13.1. The Labute approximate surface area is 158 Å². The molecule has 0 bridgehead atoms. The van der Waals surface area contributed by atoms with Gasteiger partial charge in [-0.05, 0) is 42.5 Å². The van der Waals surface area contributed by atoms with Gasteiger partial charge >= 0.3 is 0 Å². The summed E-state index contributed by atoms with van der Waals surface area (Å²) in [6.45, 7) is 0.115. The van der Waals surface area contributed by atoms with Crippen molar-refractivity contribution in [2.75, 3.05) is 13.6 Å². The largest absolute Gasteiger partial charge is 0.339 e. The maximum absolute atomic E-state index is 12.8. The third kappa shape index (κ3) is 3.03. The minimum Gasteiger partial charge on any atom is -0.339 e. The van der Waals surface area contributed by atoms with Gasteiger partial charge in [-0.2, -0.15) is 0 Å². The molecular weight excluding hydrogens is 340 g/mol. The van der Waals surface area contributed by atoms with Gasteiger partial charge in [0.05, 0.1) is 17.2 Å². The van der Waals surface area contributed by atoms with Crippen molar-refractivity contribution in [1.29, 1.82) is 0 Å². The monoisotopic (exact) mass is 362 g/mol. The van der Waals surface area contributed by atoms with Crippen molar-refractivity contribution < 1.29 is 14.4 Å². The number of benzene rings is 2. The molecule has 5 nitrogen and oxygen atoms in total. The van der Waals surface area contributed by atoms with E-state index in [0.717, 1.165) is 19.3 Å². The summed E-state index contributed by atoms with van der Waals surface area (Å²) in [5, 5.41) is 0. The molecule has 1 aliphatic carbocycles. The molecule has 5 heteroatoms. The smallest absolute Gasteiger partial charge is 0.261 e. The van der Waals surface area contributed by atoms with Gasteiger partial charge in [0.1, 0.15) is 0 Å². The van der Waals surface area contributed by atoms with Crippen molar-refractivity contribution in [2.45, 2.75) is 31.7 Å². The van der Waals surface area contributed by atoms with Crippen LogP contribution in [0.5, 0.6) is 0 Å². The number of rotatable bonds is 4. The Morgan fingerprint density at radius 3 is 2.37 bits per heavy atom. The van der Waals surface area contributed by atoms with E-state index in [1.807, 2.05) is 19.2 Å². The number of fused-ring (bicyclic) bond motifs is 2. The molecule has 0 N–H and O–H groups in total. The molecule has 0 spiro atoms. The molecule has 27 heavy (non-hydrogen) atoms. The van der Waals surface area contributed by atoms with E-state index in [2.05, 4.69) is 12.1 Å². The van der Waals surface area contributed by atoms with Crippen LogP contribution in [0.2, 0.25) is 0 Å². The Balaban J connectivity index is 1.44. The second-order valence-electron chi connectivity index (χ2n) is 7.17. The number of hydrogen-bond donors (Lipinski definition) is 0. The van der Waals surface area contributed by atoms with Crippen LogP contribution in [0.4, 0.5) is 0 Å². The fourth-order valence-electron chi connectivity index (χ4n) is 4.13. The van der Waals surface area contributed by atoms with Crippen molar-refractivity contribution in [3.8, 4) is 0 Å². The molecule has 2 aliphatic rings. The molecule has 2 aromatic rings. The number of amides is 3. The van der Waals surface area contributed by atoms with E-state index in [4.69, 9.17) is 0 Å². The highest BCUT2D eigenvalue weighted by atomic mass is 16.2. The molecule has 0 radical (unpaired) electrons. The third-order valence-electron chi connectivity index (χ3n) is 5.63. The standard InChI is InChI=1S/C22H22N2O3/c1-23(19-12-6-8-15-7-2-3-9-16(15)19)20(25)13-14-24-21(26)17-10-4-5-11-18(17)22(24)27/h2-5,7,9-11,19H,6,8,12-14H2,1H3/t19-/m0/s1. The highest BCUT2D eigenvalue weighted by Gasteiger charge is 2.35. The molecule has 0 unspecified atom stereocenters. The van der Waals surface area contributed by atoms with Crippen LogP contribution in [0.1, 0.15) is 57.1 Å². The Bertz CT molecular complexity index is 886. The molecular formula is C22H22N2O3. The third-order valence-corrected chi connectivity index (χ3v) is 5.63. The highest BCUT2D eigenvalue weighted by molar-refractivity contribution is 6.21. The summed E-state index contributed by atoms with van der Waals surface area (Å²) < 4.78 is 0. The normalized spacial score (nSPS) is 18.3. The summed E-state index contributed by atoms with van der Waals surface area (Å²) in [6, 6.07) is 15.1. The summed E-state index contributed by atoms with van der Waals surface area (Å²) in [5.41, 5.74) is 3.35. The maximum Gasteiger partial charge on any atom is 0.261 e. The zero-order chi connectivity index (χ0) is 19.0. The van der Waals surface area contributed by atoms with E-state index in [9.17, 15) is 14.4 Å². The molecule has 3 amide bonds. The van der Waals surface area contributed by atoms with Crippen LogP contribution >= 0.6 is 0 Å². The summed E-state index contributed by atoms with van der Waals surface area (Å²) in [5.74, 6) is -0.670. The maximum atomic E-state index is 12.8. The lowest BCUT2D eigenvalue weighted by Gasteiger charge is -2.33. The summed E-state index contributed by atoms with van der Waals surface area (Å²) >= 11 is 0. The van der Waals surface area contributed by atoms with Crippen LogP contribution in [0.25, 0.3) is 0 Å². The summed E-state index contributed by atoms with van der Waals surface area (Å²) in [4.78, 5) is 40.6. The number of aryl methyl sites for hydroxylation is 1. The summed E-state index contributed by atoms with van der Waals surface area (Å²) in [7, 11) is 1.82. The molecule has 0 fully saturated rings. The SMILES string of the molecule is CN(C(=O)CCN1C(=O)c2ccccc2C1=O)[C@H]1CCCc2ccccc21. The average Bonchev–Trinajstić information content (AvgIpc) is 2.95. The summed E-state index contributed by atoms with van der Waals surface area (Å²) in [6.07, 6.45) is 3.17. The predicted molar refractivity (Wildman–Crippen MR) is 101 cm³/mol. The first kappa shape index (κ1) is 17.5. The Morgan fingerprint density at radius 1 is 1.04 bits per heavy atom. The lowest BCUT2D eigenvalue weighted by Crippen LogP contribution is -2.37. The number of carbonyl (C=O) groups is 3. The van der Waals surface area contributed by atoms with Gasteiger partial charge in [-0.25, -0.2) is 0 Å². The second-order valence-corrected chi connectivity index (χ2v) is 7.17. The van der Waals surface area contributed by atoms with Crippen LogP contribution in [0, 0.1) is 0 Å². The van der Waals surface area contributed by atoms with E-state index in [0.29, 0.717) is 11.1 Å². The van der Waals surface area contributed by atoms with Crippen molar-refractivity contribution in [1.82, 2.24) is 9.80 Å². The second kappa shape index (κ2) is 6.99. The van der Waals surface area contributed by atoms with Gasteiger partial charge in [0.25, 0.3) is 11.8 Å². The van der Waals surface area contributed by atoms with Gasteiger partial charge in [-0.1, -0.05) is 36.4 Å². The Morgan fingerprint density at radius 2 is 1.67 bits per heavy atom. The molecule has 0 saturated carbocycles. The van der Waals surface area contributed by atoms with Gasteiger partial charge in [-0.15, -0.1) is 0 Å². The van der Waals surface area contributed by atoms with Crippen LogP contribution in [-0.2, 0) is 11.2 Å². The fourth-order valence-corrected chi connectivity index (χ4v) is 4.13. The molecule has 2 aromatic carbocycles. The van der Waals surface area contributed by atoms with Crippen molar-refractivity contribution in [2.24, 2.45) is 0 Å². The van der Waals surface area contributed by atoms with Crippen LogP contribution in [0.15, 0.2) is 48.5 Å². The average molecular weight is 362 g/mol. The Kier molecular flexibility index (Phi) is 4.52. The quantitative estimate of drug-likeness (QED) is 0.785. The van der Waals surface area contributed by atoms with Crippen molar-refractivity contribution in [3.63, 3.8) is 0 Å². The lowest BCUT2D eigenvalue weighted by molar-refractivity contribution is -0.132. The molecule has 1 aliphatic heterocycles. The van der Waals surface area contributed by atoms with Crippen LogP contribution in [0.3, 0.4) is 0 Å². The topological polar surface area (TPSA) is 57.7 Å². The molecule has 1 atom stereocenters. The van der Waals surface area contributed by atoms with Crippen molar-refractivity contribution >= 4 is 17.7 Å². The minimum absolute atomic E-state index is 0.0479. The van der Waals surface area contributed by atoms with Gasteiger partial charge in [-0.3, -0.25) is 19.3 Å². The zero-order valence-corrected chi connectivity index (χ0v) is 15.4. The van der Waals surface area contributed by atoms with Gasteiger partial charge < -0.3 is 4.90 Å². The highest BCUT2D eigenvalue weighted by Crippen LogP contribution is 2.33. The first-order valence-electron chi connectivity index (χ1n) is 9.36. The van der Waals surface area contributed by atoms with Crippen LogP contribution in [-0.4, -0.2) is 41.1 Å². The number of hydrogen-bond acceptors (Lipinski definition) is 3. The molecule has 0 aromatic heterocycles. The minimum atomic E-state index is -0.311. The zero-order valence-electron chi connectivity index (χ0n) is 15.4. The van der Waals surface area contributed by atoms with Gasteiger partial charge in [0.15, 0.2) is 0 Å². The van der Waals surface area contributed by atoms with E-state index in [-0.39, 0.29) is 36.7 Å². The lowest BCUT2D eigenvalue weighted by atomic mass is 9.87. The van der Waals surface area contributed by atoms with Crippen LogP contribution < -0.4 is 0 Å². The molecule has 4 rings (SSSR count). The van der Waals surface area contributed by atoms with Gasteiger partial charge in [0, 0.05) is 20.0 Å². The predicted octanol–water partition coefficient (Wildman–Crippen LogP) is 3.21. The molecule has 138 valence electrons. The number of nitrogens with zero attached hydrogens (tertiary/aromatic N) is 2. The molecule has 1 heterocycles.